The Morgan fingerprint density at radius 1 is 1.07 bits per heavy atom. The van der Waals surface area contributed by atoms with Crippen molar-refractivity contribution >= 4 is 23.3 Å². The van der Waals surface area contributed by atoms with Gasteiger partial charge in [-0.15, -0.1) is 5.10 Å². The van der Waals surface area contributed by atoms with E-state index < -0.39 is 11.7 Å². The molecule has 0 atom stereocenters. The molecule has 1 aromatic heterocycles. The maximum Gasteiger partial charge on any atom is 0.320 e. The summed E-state index contributed by atoms with van der Waals surface area (Å²) in [5.41, 5.74) is 7.87. The number of para-hydroxylation sites is 1. The van der Waals surface area contributed by atoms with Gasteiger partial charge in [-0.25, -0.2) is 4.39 Å². The van der Waals surface area contributed by atoms with Gasteiger partial charge in [0.05, 0.1) is 5.69 Å². The Hall–Kier alpha value is -3.26. The van der Waals surface area contributed by atoms with Crippen LogP contribution in [0.1, 0.15) is 47.8 Å². The zero-order valence-corrected chi connectivity index (χ0v) is 16.5. The van der Waals surface area contributed by atoms with Crippen LogP contribution in [0.4, 0.5) is 21.8 Å². The van der Waals surface area contributed by atoms with Crippen molar-refractivity contribution in [2.75, 3.05) is 17.2 Å². The van der Waals surface area contributed by atoms with Gasteiger partial charge in [0.1, 0.15) is 5.82 Å². The van der Waals surface area contributed by atoms with E-state index in [2.05, 4.69) is 20.8 Å². The SMILES string of the molecule is NC[C@H]1CC[C@H](c2ccc(NC(=O)c3nnc(Nc4ccccc4F)o3)cc2)CC1. The largest absolute Gasteiger partial charge is 0.399 e. The maximum absolute atomic E-state index is 13.7. The molecule has 4 N–H and O–H groups in total. The smallest absolute Gasteiger partial charge is 0.320 e. The van der Waals surface area contributed by atoms with Crippen molar-refractivity contribution in [2.24, 2.45) is 11.7 Å². The van der Waals surface area contributed by atoms with Crippen LogP contribution in [0.5, 0.6) is 0 Å². The van der Waals surface area contributed by atoms with Crippen LogP contribution in [0.15, 0.2) is 52.9 Å². The van der Waals surface area contributed by atoms with Gasteiger partial charge in [-0.2, -0.15) is 0 Å². The zero-order chi connectivity index (χ0) is 20.9. The summed E-state index contributed by atoms with van der Waals surface area (Å²) in [6.45, 7) is 0.769. The van der Waals surface area contributed by atoms with E-state index in [1.807, 2.05) is 24.3 Å². The molecule has 30 heavy (non-hydrogen) atoms. The first-order valence-corrected chi connectivity index (χ1v) is 10.1. The maximum atomic E-state index is 13.7. The molecule has 1 saturated carbocycles. The number of amides is 1. The molecule has 0 aliphatic heterocycles. The first-order chi connectivity index (χ1) is 14.6. The Balaban J connectivity index is 1.35. The lowest BCUT2D eigenvalue weighted by atomic mass is 9.79. The third-order valence-corrected chi connectivity index (χ3v) is 5.55. The molecule has 1 fully saturated rings. The van der Waals surface area contributed by atoms with Crippen molar-refractivity contribution in [3.05, 3.63) is 65.8 Å². The Kier molecular flexibility index (Phi) is 6.04. The first kappa shape index (κ1) is 20.0. The Bertz CT molecular complexity index is 997. The third-order valence-electron chi connectivity index (χ3n) is 5.55. The number of carbonyl (C=O) groups is 1. The molecule has 8 heteroatoms. The Morgan fingerprint density at radius 3 is 2.50 bits per heavy atom. The van der Waals surface area contributed by atoms with Crippen LogP contribution >= 0.6 is 0 Å². The predicted octanol–water partition coefficient (Wildman–Crippen LogP) is 4.44. The second-order valence-corrected chi connectivity index (χ2v) is 7.55. The fourth-order valence-electron chi connectivity index (χ4n) is 3.80. The van der Waals surface area contributed by atoms with Gasteiger partial charge in [-0.05, 0) is 73.9 Å². The zero-order valence-electron chi connectivity index (χ0n) is 16.5. The average Bonchev–Trinajstić information content (AvgIpc) is 3.25. The second-order valence-electron chi connectivity index (χ2n) is 7.55. The van der Waals surface area contributed by atoms with Gasteiger partial charge < -0.3 is 20.8 Å². The fraction of sp³-hybridized carbons (Fsp3) is 0.318. The van der Waals surface area contributed by atoms with Crippen LogP contribution in [-0.2, 0) is 0 Å². The molecule has 0 bridgehead atoms. The summed E-state index contributed by atoms with van der Waals surface area (Å²) in [6.07, 6.45) is 4.63. The quantitative estimate of drug-likeness (QED) is 0.556. The minimum Gasteiger partial charge on any atom is -0.399 e. The van der Waals surface area contributed by atoms with Crippen molar-refractivity contribution in [3.63, 3.8) is 0 Å². The number of benzene rings is 2. The molecule has 0 unspecified atom stereocenters. The standard InChI is InChI=1S/C22H24FN5O2/c23-18-3-1-2-4-19(18)26-22-28-27-21(30-22)20(29)25-17-11-9-16(10-12-17)15-7-5-14(13-24)6-8-15/h1-4,9-12,14-15H,5-8,13,24H2,(H,25,29)(H,26,28)/t14-,15-. The summed E-state index contributed by atoms with van der Waals surface area (Å²) < 4.78 is 19.0. The number of rotatable bonds is 6. The fourth-order valence-corrected chi connectivity index (χ4v) is 3.80. The molecule has 0 radical (unpaired) electrons. The Morgan fingerprint density at radius 2 is 1.80 bits per heavy atom. The van der Waals surface area contributed by atoms with E-state index in [9.17, 15) is 9.18 Å². The number of hydrogen-bond acceptors (Lipinski definition) is 6. The van der Waals surface area contributed by atoms with Gasteiger partial charge in [0, 0.05) is 5.69 Å². The highest BCUT2D eigenvalue weighted by Gasteiger charge is 2.21. The number of carbonyl (C=O) groups excluding carboxylic acids is 1. The van der Waals surface area contributed by atoms with E-state index in [1.54, 1.807) is 12.1 Å². The van der Waals surface area contributed by atoms with E-state index in [-0.39, 0.29) is 17.6 Å². The third kappa shape index (κ3) is 4.65. The molecule has 0 saturated heterocycles. The van der Waals surface area contributed by atoms with Crippen LogP contribution in [0.3, 0.4) is 0 Å². The number of anilines is 3. The van der Waals surface area contributed by atoms with Gasteiger partial charge in [0.15, 0.2) is 0 Å². The number of halogens is 1. The van der Waals surface area contributed by atoms with E-state index in [1.165, 1.54) is 30.5 Å². The lowest BCUT2D eigenvalue weighted by Gasteiger charge is -2.28. The normalized spacial score (nSPS) is 18.7. The molecule has 1 amide bonds. The van der Waals surface area contributed by atoms with E-state index in [4.69, 9.17) is 10.2 Å². The van der Waals surface area contributed by atoms with Crippen LogP contribution in [0.25, 0.3) is 0 Å². The minimum absolute atomic E-state index is 0.0614. The van der Waals surface area contributed by atoms with Gasteiger partial charge in [-0.3, -0.25) is 4.79 Å². The minimum atomic E-state index is -0.528. The summed E-state index contributed by atoms with van der Waals surface area (Å²) >= 11 is 0. The topological polar surface area (TPSA) is 106 Å². The summed E-state index contributed by atoms with van der Waals surface area (Å²) in [5, 5.41) is 12.9. The second kappa shape index (κ2) is 9.04. The van der Waals surface area contributed by atoms with Crippen molar-refractivity contribution in [3.8, 4) is 0 Å². The summed E-state index contributed by atoms with van der Waals surface area (Å²) in [6, 6.07) is 13.8. The number of nitrogens with zero attached hydrogens (tertiary/aromatic N) is 2. The van der Waals surface area contributed by atoms with Crippen LogP contribution < -0.4 is 16.4 Å². The van der Waals surface area contributed by atoms with E-state index in [0.29, 0.717) is 17.5 Å². The van der Waals surface area contributed by atoms with Gasteiger partial charge in [-0.1, -0.05) is 29.4 Å². The highest BCUT2D eigenvalue weighted by atomic mass is 19.1. The molecule has 156 valence electrons. The molecule has 1 aliphatic carbocycles. The molecular formula is C22H24FN5O2. The molecule has 4 rings (SSSR count). The predicted molar refractivity (Wildman–Crippen MR) is 112 cm³/mol. The van der Waals surface area contributed by atoms with Crippen LogP contribution in [-0.4, -0.2) is 22.6 Å². The molecule has 0 spiro atoms. The number of nitrogens with two attached hydrogens (primary N) is 1. The van der Waals surface area contributed by atoms with Crippen LogP contribution in [0.2, 0.25) is 0 Å². The van der Waals surface area contributed by atoms with Crippen molar-refractivity contribution in [2.45, 2.75) is 31.6 Å². The summed E-state index contributed by atoms with van der Waals surface area (Å²) in [4.78, 5) is 12.4. The van der Waals surface area contributed by atoms with Crippen molar-refractivity contribution in [1.29, 1.82) is 0 Å². The van der Waals surface area contributed by atoms with Gasteiger partial charge in [0.2, 0.25) is 0 Å². The molecule has 1 aliphatic rings. The lowest BCUT2D eigenvalue weighted by molar-refractivity contribution is 0.0991. The lowest BCUT2D eigenvalue weighted by Crippen LogP contribution is -2.20. The molecular weight excluding hydrogens is 385 g/mol. The molecule has 7 nitrogen and oxygen atoms in total. The number of nitrogens with one attached hydrogen (secondary N) is 2. The highest BCUT2D eigenvalue weighted by Crippen LogP contribution is 2.35. The average molecular weight is 409 g/mol. The van der Waals surface area contributed by atoms with Crippen molar-refractivity contribution < 1.29 is 13.6 Å². The van der Waals surface area contributed by atoms with Crippen LogP contribution in [0, 0.1) is 11.7 Å². The highest BCUT2D eigenvalue weighted by molar-refractivity contribution is 6.00. The molecule has 1 heterocycles. The monoisotopic (exact) mass is 409 g/mol. The molecule has 2 aromatic carbocycles. The number of aromatic nitrogens is 2. The number of hydrogen-bond donors (Lipinski definition) is 3. The van der Waals surface area contributed by atoms with E-state index in [0.717, 1.165) is 19.4 Å². The Labute approximate surface area is 173 Å². The van der Waals surface area contributed by atoms with Crippen molar-refractivity contribution in [1.82, 2.24) is 10.2 Å². The molecule has 3 aromatic rings. The van der Waals surface area contributed by atoms with Gasteiger partial charge in [0.25, 0.3) is 0 Å². The first-order valence-electron chi connectivity index (χ1n) is 10.1. The van der Waals surface area contributed by atoms with Gasteiger partial charge >= 0.3 is 17.8 Å². The summed E-state index contributed by atoms with van der Waals surface area (Å²) in [7, 11) is 0. The van der Waals surface area contributed by atoms with E-state index >= 15 is 0 Å². The summed E-state index contributed by atoms with van der Waals surface area (Å²) in [5.74, 6) is -0.0101.